The molecule has 1 fully saturated rings. The molecule has 0 unspecified atom stereocenters. The number of hydrogen-bond acceptors (Lipinski definition) is 2. The van der Waals surface area contributed by atoms with Crippen LogP contribution in [0.4, 0.5) is 4.39 Å². The highest BCUT2D eigenvalue weighted by atomic mass is 19.1. The van der Waals surface area contributed by atoms with Gasteiger partial charge in [-0.25, -0.2) is 9.18 Å². The molecule has 3 heteroatoms. The first kappa shape index (κ1) is 19.6. The quantitative estimate of drug-likeness (QED) is 0.536. The van der Waals surface area contributed by atoms with Crippen molar-refractivity contribution in [2.24, 2.45) is 5.92 Å². The number of halogens is 1. The third-order valence-corrected chi connectivity index (χ3v) is 5.70. The van der Waals surface area contributed by atoms with E-state index in [9.17, 15) is 9.18 Å². The first-order valence-corrected chi connectivity index (χ1v) is 10.2. The molecule has 1 aliphatic rings. The van der Waals surface area contributed by atoms with Crippen LogP contribution < -0.4 is 0 Å². The van der Waals surface area contributed by atoms with Gasteiger partial charge in [-0.1, -0.05) is 44.0 Å². The summed E-state index contributed by atoms with van der Waals surface area (Å²) in [6.45, 7) is 2.57. The standard InChI is InChI=1S/C24H29FO2/c1-2-3-18-4-8-20(9-5-18)21-10-12-22(13-11-21)24(26)27-17-16-19-6-14-23(25)15-7-19/h6-7,10-15,18,20H,2-5,8-9,16-17H2,1H3. The lowest BCUT2D eigenvalue weighted by Crippen LogP contribution is -2.13. The zero-order chi connectivity index (χ0) is 19.1. The molecule has 2 aromatic rings. The molecule has 0 spiro atoms. The van der Waals surface area contributed by atoms with Crippen LogP contribution in [0, 0.1) is 11.7 Å². The zero-order valence-corrected chi connectivity index (χ0v) is 16.1. The van der Waals surface area contributed by atoms with Crippen LogP contribution in [0.2, 0.25) is 0 Å². The normalized spacial score (nSPS) is 19.6. The molecule has 2 nitrogen and oxygen atoms in total. The summed E-state index contributed by atoms with van der Waals surface area (Å²) in [5.41, 5.74) is 2.89. The Morgan fingerprint density at radius 3 is 2.30 bits per heavy atom. The molecule has 0 aromatic heterocycles. The highest BCUT2D eigenvalue weighted by Gasteiger charge is 2.22. The number of carbonyl (C=O) groups is 1. The van der Waals surface area contributed by atoms with Gasteiger partial charge in [-0.3, -0.25) is 0 Å². The molecular formula is C24H29FO2. The van der Waals surface area contributed by atoms with Crippen molar-refractivity contribution in [3.05, 3.63) is 71.0 Å². The van der Waals surface area contributed by atoms with Gasteiger partial charge in [0.1, 0.15) is 5.82 Å². The van der Waals surface area contributed by atoms with Crippen molar-refractivity contribution in [2.75, 3.05) is 6.61 Å². The van der Waals surface area contributed by atoms with Crippen molar-refractivity contribution < 1.29 is 13.9 Å². The summed E-state index contributed by atoms with van der Waals surface area (Å²) in [6, 6.07) is 14.2. The number of ether oxygens (including phenoxy) is 1. The fraction of sp³-hybridized carbons (Fsp3) is 0.458. The Labute approximate surface area is 161 Å². The number of hydrogen-bond donors (Lipinski definition) is 0. The zero-order valence-electron chi connectivity index (χ0n) is 16.1. The predicted molar refractivity (Wildman–Crippen MR) is 106 cm³/mol. The average Bonchev–Trinajstić information content (AvgIpc) is 2.70. The molecule has 1 saturated carbocycles. The van der Waals surface area contributed by atoms with E-state index in [2.05, 4.69) is 19.1 Å². The maximum Gasteiger partial charge on any atom is 0.338 e. The van der Waals surface area contributed by atoms with Crippen LogP contribution in [-0.4, -0.2) is 12.6 Å². The lowest BCUT2D eigenvalue weighted by Gasteiger charge is -2.28. The number of rotatable bonds is 7. The lowest BCUT2D eigenvalue weighted by atomic mass is 9.77. The largest absolute Gasteiger partial charge is 0.462 e. The smallest absolute Gasteiger partial charge is 0.338 e. The molecule has 144 valence electrons. The first-order chi connectivity index (χ1) is 13.2. The third kappa shape index (κ3) is 5.66. The minimum atomic E-state index is -0.296. The predicted octanol–water partition coefficient (Wildman–Crippen LogP) is 6.30. The maximum atomic E-state index is 12.9. The molecule has 0 heterocycles. The van der Waals surface area contributed by atoms with E-state index in [0.29, 0.717) is 24.5 Å². The fourth-order valence-electron chi connectivity index (χ4n) is 4.08. The monoisotopic (exact) mass is 368 g/mol. The minimum absolute atomic E-state index is 0.255. The van der Waals surface area contributed by atoms with E-state index in [-0.39, 0.29) is 11.8 Å². The van der Waals surface area contributed by atoms with Crippen molar-refractivity contribution in [2.45, 2.75) is 57.8 Å². The Morgan fingerprint density at radius 1 is 1.00 bits per heavy atom. The molecule has 0 radical (unpaired) electrons. The molecule has 0 aliphatic heterocycles. The van der Waals surface area contributed by atoms with E-state index < -0.39 is 0 Å². The molecule has 0 bridgehead atoms. The molecule has 0 atom stereocenters. The van der Waals surface area contributed by atoms with Gasteiger partial charge in [-0.05, 0) is 72.9 Å². The molecular weight excluding hydrogens is 339 g/mol. The Morgan fingerprint density at radius 2 is 1.67 bits per heavy atom. The van der Waals surface area contributed by atoms with Gasteiger partial charge in [0.25, 0.3) is 0 Å². The van der Waals surface area contributed by atoms with E-state index in [1.165, 1.54) is 56.2 Å². The Bertz CT molecular complexity index is 713. The Balaban J connectivity index is 1.46. The minimum Gasteiger partial charge on any atom is -0.462 e. The average molecular weight is 368 g/mol. The van der Waals surface area contributed by atoms with Gasteiger partial charge in [0.2, 0.25) is 0 Å². The maximum absolute atomic E-state index is 12.9. The third-order valence-electron chi connectivity index (χ3n) is 5.70. The number of benzene rings is 2. The Kier molecular flexibility index (Phi) is 7.03. The summed E-state index contributed by atoms with van der Waals surface area (Å²) in [5, 5.41) is 0. The fourth-order valence-corrected chi connectivity index (χ4v) is 4.08. The van der Waals surface area contributed by atoms with Crippen molar-refractivity contribution in [1.29, 1.82) is 0 Å². The topological polar surface area (TPSA) is 26.3 Å². The van der Waals surface area contributed by atoms with E-state index in [0.717, 1.165) is 11.5 Å². The molecule has 27 heavy (non-hydrogen) atoms. The lowest BCUT2D eigenvalue weighted by molar-refractivity contribution is 0.0509. The molecule has 3 rings (SSSR count). The summed E-state index contributed by atoms with van der Waals surface area (Å²) in [4.78, 5) is 12.2. The van der Waals surface area contributed by atoms with Crippen molar-refractivity contribution in [1.82, 2.24) is 0 Å². The second-order valence-corrected chi connectivity index (χ2v) is 7.64. The van der Waals surface area contributed by atoms with Gasteiger partial charge in [-0.2, -0.15) is 0 Å². The van der Waals surface area contributed by atoms with E-state index >= 15 is 0 Å². The number of esters is 1. The summed E-state index contributed by atoms with van der Waals surface area (Å²) >= 11 is 0. The second kappa shape index (κ2) is 9.68. The van der Waals surface area contributed by atoms with Gasteiger partial charge >= 0.3 is 5.97 Å². The van der Waals surface area contributed by atoms with E-state index in [4.69, 9.17) is 4.74 Å². The van der Waals surface area contributed by atoms with Crippen LogP contribution in [0.1, 0.15) is 72.9 Å². The molecule has 0 amide bonds. The van der Waals surface area contributed by atoms with E-state index in [1.807, 2.05) is 12.1 Å². The summed E-state index contributed by atoms with van der Waals surface area (Å²) in [6.07, 6.45) is 8.39. The van der Waals surface area contributed by atoms with Gasteiger partial charge in [0, 0.05) is 6.42 Å². The van der Waals surface area contributed by atoms with Crippen LogP contribution in [-0.2, 0) is 11.2 Å². The first-order valence-electron chi connectivity index (χ1n) is 10.2. The summed E-state index contributed by atoms with van der Waals surface area (Å²) in [7, 11) is 0. The van der Waals surface area contributed by atoms with Crippen LogP contribution in [0.25, 0.3) is 0 Å². The van der Waals surface area contributed by atoms with E-state index in [1.54, 1.807) is 12.1 Å². The van der Waals surface area contributed by atoms with Crippen LogP contribution in [0.5, 0.6) is 0 Å². The van der Waals surface area contributed by atoms with Crippen LogP contribution in [0.15, 0.2) is 48.5 Å². The van der Waals surface area contributed by atoms with Crippen LogP contribution >= 0.6 is 0 Å². The summed E-state index contributed by atoms with van der Waals surface area (Å²) < 4.78 is 18.2. The van der Waals surface area contributed by atoms with Crippen molar-refractivity contribution in [3.8, 4) is 0 Å². The SMILES string of the molecule is CCCC1CCC(c2ccc(C(=O)OCCc3ccc(F)cc3)cc2)CC1. The number of carbonyl (C=O) groups excluding carboxylic acids is 1. The van der Waals surface area contributed by atoms with Crippen LogP contribution in [0.3, 0.4) is 0 Å². The summed E-state index contributed by atoms with van der Waals surface area (Å²) in [5.74, 6) is 0.980. The van der Waals surface area contributed by atoms with Gasteiger partial charge in [0.15, 0.2) is 0 Å². The highest BCUT2D eigenvalue weighted by Crippen LogP contribution is 2.37. The van der Waals surface area contributed by atoms with Gasteiger partial charge < -0.3 is 4.74 Å². The molecule has 0 saturated heterocycles. The molecule has 2 aromatic carbocycles. The van der Waals surface area contributed by atoms with Crippen molar-refractivity contribution in [3.63, 3.8) is 0 Å². The molecule has 0 N–H and O–H groups in total. The van der Waals surface area contributed by atoms with Crippen molar-refractivity contribution >= 4 is 5.97 Å². The van der Waals surface area contributed by atoms with Gasteiger partial charge in [0.05, 0.1) is 12.2 Å². The second-order valence-electron chi connectivity index (χ2n) is 7.64. The molecule has 1 aliphatic carbocycles. The Hall–Kier alpha value is -2.16. The van der Waals surface area contributed by atoms with Gasteiger partial charge in [-0.15, -0.1) is 0 Å². The highest BCUT2D eigenvalue weighted by molar-refractivity contribution is 5.89.